The topological polar surface area (TPSA) is 91.8 Å². The predicted octanol–water partition coefficient (Wildman–Crippen LogP) is 1.08. The number of likely N-dealkylation sites (tertiary alicyclic amines) is 1. The number of hydrogen-bond donors (Lipinski definition) is 1. The highest BCUT2D eigenvalue weighted by molar-refractivity contribution is 5.98. The van der Waals surface area contributed by atoms with Crippen LogP contribution in [0, 0.1) is 5.92 Å². The van der Waals surface area contributed by atoms with Crippen LogP contribution in [0.25, 0.3) is 0 Å². The van der Waals surface area contributed by atoms with Gasteiger partial charge in [-0.25, -0.2) is 4.98 Å². The van der Waals surface area contributed by atoms with E-state index in [0.29, 0.717) is 36.1 Å². The minimum Gasteiger partial charge on any atom is -0.481 e. The summed E-state index contributed by atoms with van der Waals surface area (Å²) in [6, 6.07) is 2.10. The third kappa shape index (κ3) is 3.31. The van der Waals surface area contributed by atoms with E-state index in [1.807, 2.05) is 4.90 Å². The maximum absolute atomic E-state index is 12.9. The van der Waals surface area contributed by atoms with Gasteiger partial charge < -0.3 is 19.9 Å². The largest absolute Gasteiger partial charge is 0.481 e. The van der Waals surface area contributed by atoms with E-state index in [4.69, 9.17) is 4.74 Å². The highest BCUT2D eigenvalue weighted by Gasteiger charge is 2.36. The second-order valence-corrected chi connectivity index (χ2v) is 7.92. The number of methoxy groups -OCH3 is 1. The summed E-state index contributed by atoms with van der Waals surface area (Å²) in [5.41, 5.74) is 2.02. The van der Waals surface area contributed by atoms with Crippen molar-refractivity contribution in [2.24, 2.45) is 5.92 Å². The minimum atomic E-state index is -0.342. The highest BCUT2D eigenvalue weighted by atomic mass is 16.5. The van der Waals surface area contributed by atoms with Gasteiger partial charge in [0.1, 0.15) is 0 Å². The third-order valence-electron chi connectivity index (χ3n) is 6.08. The molecular formula is C20H26N4O4. The number of carbonyl (C=O) groups is 3. The van der Waals surface area contributed by atoms with Gasteiger partial charge in [0.05, 0.1) is 30.8 Å². The number of fused-ring (bicyclic) bond motifs is 1. The molecule has 0 aromatic carbocycles. The molecule has 0 unspecified atom stereocenters. The van der Waals surface area contributed by atoms with Gasteiger partial charge in [-0.15, -0.1) is 0 Å². The van der Waals surface area contributed by atoms with Gasteiger partial charge >= 0.3 is 0 Å². The quantitative estimate of drug-likeness (QED) is 0.818. The van der Waals surface area contributed by atoms with Crippen molar-refractivity contribution in [3.63, 3.8) is 0 Å². The third-order valence-corrected chi connectivity index (χ3v) is 6.08. The number of ether oxygens (including phenoxy) is 1. The van der Waals surface area contributed by atoms with Gasteiger partial charge in [0, 0.05) is 38.2 Å². The van der Waals surface area contributed by atoms with Crippen LogP contribution in [0.5, 0.6) is 5.88 Å². The Labute approximate surface area is 164 Å². The molecule has 0 radical (unpaired) electrons. The zero-order chi connectivity index (χ0) is 19.8. The minimum absolute atomic E-state index is 0.0190. The van der Waals surface area contributed by atoms with E-state index in [9.17, 15) is 14.4 Å². The van der Waals surface area contributed by atoms with Crippen LogP contribution >= 0.6 is 0 Å². The number of aromatic nitrogens is 1. The molecular weight excluding hydrogens is 360 g/mol. The molecule has 2 fully saturated rings. The molecule has 1 N–H and O–H groups in total. The van der Waals surface area contributed by atoms with Gasteiger partial charge in [-0.2, -0.15) is 0 Å². The second-order valence-electron chi connectivity index (χ2n) is 7.92. The fourth-order valence-corrected chi connectivity index (χ4v) is 4.45. The van der Waals surface area contributed by atoms with Crippen LogP contribution in [0.15, 0.2) is 6.07 Å². The normalized spacial score (nSPS) is 22.1. The van der Waals surface area contributed by atoms with Gasteiger partial charge in [0.25, 0.3) is 5.91 Å². The fourth-order valence-electron chi connectivity index (χ4n) is 4.45. The SMILES string of the molecule is COc1nc2c(cc1CNC(=O)[C@@H]1CC(=O)N(C)C1)C(=O)N(C1CCCC1)C2. The van der Waals surface area contributed by atoms with Crippen LogP contribution in [0.4, 0.5) is 0 Å². The maximum atomic E-state index is 12.9. The molecule has 1 aliphatic carbocycles. The number of carbonyl (C=O) groups excluding carboxylic acids is 3. The van der Waals surface area contributed by atoms with Crippen molar-refractivity contribution in [1.82, 2.24) is 20.1 Å². The molecule has 1 aromatic rings. The highest BCUT2D eigenvalue weighted by Crippen LogP contribution is 2.33. The predicted molar refractivity (Wildman–Crippen MR) is 101 cm³/mol. The molecule has 28 heavy (non-hydrogen) atoms. The maximum Gasteiger partial charge on any atom is 0.256 e. The zero-order valence-electron chi connectivity index (χ0n) is 16.4. The lowest BCUT2D eigenvalue weighted by Gasteiger charge is -2.22. The average molecular weight is 386 g/mol. The van der Waals surface area contributed by atoms with E-state index < -0.39 is 0 Å². The first-order valence-electron chi connectivity index (χ1n) is 9.87. The van der Waals surface area contributed by atoms with E-state index >= 15 is 0 Å². The Balaban J connectivity index is 1.47. The molecule has 0 spiro atoms. The van der Waals surface area contributed by atoms with Crippen molar-refractivity contribution >= 4 is 17.7 Å². The van der Waals surface area contributed by atoms with Crippen molar-refractivity contribution < 1.29 is 19.1 Å². The lowest BCUT2D eigenvalue weighted by atomic mass is 10.1. The van der Waals surface area contributed by atoms with Crippen LogP contribution in [0.1, 0.15) is 53.7 Å². The Kier molecular flexibility index (Phi) is 4.95. The van der Waals surface area contributed by atoms with E-state index in [-0.39, 0.29) is 36.6 Å². The molecule has 2 aliphatic heterocycles. The van der Waals surface area contributed by atoms with E-state index in [0.717, 1.165) is 31.4 Å². The molecule has 1 saturated carbocycles. The van der Waals surface area contributed by atoms with Crippen molar-refractivity contribution in [1.29, 1.82) is 0 Å². The van der Waals surface area contributed by atoms with Crippen LogP contribution < -0.4 is 10.1 Å². The van der Waals surface area contributed by atoms with Crippen molar-refractivity contribution in [2.75, 3.05) is 20.7 Å². The van der Waals surface area contributed by atoms with Gasteiger partial charge in [-0.05, 0) is 18.9 Å². The Morgan fingerprint density at radius 1 is 1.32 bits per heavy atom. The zero-order valence-corrected chi connectivity index (χ0v) is 16.4. The molecule has 3 aliphatic rings. The molecule has 3 heterocycles. The second kappa shape index (κ2) is 7.41. The lowest BCUT2D eigenvalue weighted by molar-refractivity contribution is -0.128. The Morgan fingerprint density at radius 3 is 2.71 bits per heavy atom. The molecule has 4 rings (SSSR count). The Morgan fingerprint density at radius 2 is 2.07 bits per heavy atom. The smallest absolute Gasteiger partial charge is 0.256 e. The van der Waals surface area contributed by atoms with Gasteiger partial charge in [-0.1, -0.05) is 12.8 Å². The molecule has 8 heteroatoms. The standard InChI is InChI=1S/C20H26N4O4/c1-23-10-13(8-17(23)25)18(26)21-9-12-7-15-16(22-19(12)28-2)11-24(20(15)27)14-5-3-4-6-14/h7,13-14H,3-6,8-11H2,1-2H3,(H,21,26)/t13-/m1/s1. The lowest BCUT2D eigenvalue weighted by Crippen LogP contribution is -2.33. The van der Waals surface area contributed by atoms with Crippen molar-refractivity contribution in [3.8, 4) is 5.88 Å². The summed E-state index contributed by atoms with van der Waals surface area (Å²) in [7, 11) is 3.24. The number of pyridine rings is 1. The summed E-state index contributed by atoms with van der Waals surface area (Å²) in [6.07, 6.45) is 4.66. The Bertz CT molecular complexity index is 819. The van der Waals surface area contributed by atoms with Crippen LogP contribution in [-0.4, -0.2) is 59.2 Å². The van der Waals surface area contributed by atoms with Crippen LogP contribution in [0.2, 0.25) is 0 Å². The van der Waals surface area contributed by atoms with Crippen LogP contribution in [0.3, 0.4) is 0 Å². The molecule has 8 nitrogen and oxygen atoms in total. The first-order valence-corrected chi connectivity index (χ1v) is 9.87. The van der Waals surface area contributed by atoms with Gasteiger partial charge in [0.2, 0.25) is 17.7 Å². The molecule has 1 saturated heterocycles. The van der Waals surface area contributed by atoms with Crippen molar-refractivity contribution in [2.45, 2.75) is 51.2 Å². The number of nitrogens with zero attached hydrogens (tertiary/aromatic N) is 3. The molecule has 1 aromatic heterocycles. The number of hydrogen-bond acceptors (Lipinski definition) is 5. The summed E-state index contributed by atoms with van der Waals surface area (Å²) in [5.74, 6) is -0.0774. The first-order chi connectivity index (χ1) is 13.5. The summed E-state index contributed by atoms with van der Waals surface area (Å²) in [5, 5.41) is 2.87. The monoisotopic (exact) mass is 386 g/mol. The van der Waals surface area contributed by atoms with Crippen LogP contribution in [-0.2, 0) is 22.7 Å². The fraction of sp³-hybridized carbons (Fsp3) is 0.600. The number of rotatable bonds is 5. The summed E-state index contributed by atoms with van der Waals surface area (Å²) < 4.78 is 5.40. The van der Waals surface area contributed by atoms with Gasteiger partial charge in [-0.3, -0.25) is 14.4 Å². The Hall–Kier alpha value is -2.64. The summed E-state index contributed by atoms with van der Waals surface area (Å²) in [4.78, 5) is 45.0. The summed E-state index contributed by atoms with van der Waals surface area (Å²) >= 11 is 0. The average Bonchev–Trinajstić information content (AvgIpc) is 3.40. The molecule has 0 bridgehead atoms. The molecule has 150 valence electrons. The van der Waals surface area contributed by atoms with E-state index in [2.05, 4.69) is 10.3 Å². The van der Waals surface area contributed by atoms with E-state index in [1.165, 1.54) is 7.11 Å². The van der Waals surface area contributed by atoms with E-state index in [1.54, 1.807) is 18.0 Å². The number of amides is 3. The van der Waals surface area contributed by atoms with Crippen molar-refractivity contribution in [3.05, 3.63) is 22.9 Å². The summed E-state index contributed by atoms with van der Waals surface area (Å²) in [6.45, 7) is 1.17. The van der Waals surface area contributed by atoms with Gasteiger partial charge in [0.15, 0.2) is 0 Å². The number of nitrogens with one attached hydrogen (secondary N) is 1. The first kappa shape index (κ1) is 18.7. The molecule has 1 atom stereocenters. The molecule has 3 amide bonds.